The van der Waals surface area contributed by atoms with E-state index in [2.05, 4.69) is 31.4 Å². The minimum Gasteiger partial charge on any atom is -0.490 e. The van der Waals surface area contributed by atoms with Crippen molar-refractivity contribution in [3.05, 3.63) is 68.1 Å². The summed E-state index contributed by atoms with van der Waals surface area (Å²) < 4.78 is 17.5. The maximum absolute atomic E-state index is 11.6. The van der Waals surface area contributed by atoms with Gasteiger partial charge >= 0.3 is 5.97 Å². The average Bonchev–Trinajstić information content (AvgIpc) is 3.23. The van der Waals surface area contributed by atoms with Crippen LogP contribution in [-0.2, 0) is 22.6 Å². The molecule has 0 atom stereocenters. The molecule has 3 aromatic rings. The van der Waals surface area contributed by atoms with Crippen molar-refractivity contribution < 1.29 is 19.0 Å². The Morgan fingerprint density at radius 3 is 2.76 bits per heavy atom. The van der Waals surface area contributed by atoms with E-state index < -0.39 is 0 Å². The van der Waals surface area contributed by atoms with Crippen molar-refractivity contribution in [2.75, 3.05) is 18.6 Å². The number of benzene rings is 2. The second-order valence-corrected chi connectivity index (χ2v) is 8.75. The molecule has 0 bridgehead atoms. The van der Waals surface area contributed by atoms with E-state index in [1.54, 1.807) is 18.5 Å². The normalized spacial score (nSPS) is 10.9. The molecule has 0 saturated carbocycles. The Balaban J connectivity index is 1.67. The summed E-state index contributed by atoms with van der Waals surface area (Å²) in [6.07, 6.45) is 1.78. The van der Waals surface area contributed by atoms with Gasteiger partial charge in [0.25, 0.3) is 0 Å². The van der Waals surface area contributed by atoms with Gasteiger partial charge in [0.1, 0.15) is 6.61 Å². The van der Waals surface area contributed by atoms with E-state index in [0.717, 1.165) is 15.6 Å². The summed E-state index contributed by atoms with van der Waals surface area (Å²) in [5.74, 6) is 0.888. The number of halogens is 2. The molecule has 1 aromatic heterocycles. The summed E-state index contributed by atoms with van der Waals surface area (Å²) >= 11 is 11.1. The van der Waals surface area contributed by atoms with E-state index in [9.17, 15) is 4.79 Å². The molecule has 1 N–H and O–H groups in total. The quantitative estimate of drug-likeness (QED) is 0.176. The zero-order valence-electron chi connectivity index (χ0n) is 18.1. The number of rotatable bonds is 11. The number of aromatic nitrogens is 1. The molecule has 0 aliphatic heterocycles. The van der Waals surface area contributed by atoms with Crippen molar-refractivity contribution in [2.24, 2.45) is 5.10 Å². The van der Waals surface area contributed by atoms with Crippen molar-refractivity contribution in [3.63, 3.8) is 0 Å². The lowest BCUT2D eigenvalue weighted by Crippen LogP contribution is -2.07. The minimum absolute atomic E-state index is 0.134. The van der Waals surface area contributed by atoms with Crippen LogP contribution in [0.4, 0.5) is 5.13 Å². The summed E-state index contributed by atoms with van der Waals surface area (Å²) in [5.41, 5.74) is 5.20. The molecule has 33 heavy (non-hydrogen) atoms. The molecule has 0 amide bonds. The van der Waals surface area contributed by atoms with E-state index in [0.29, 0.717) is 47.2 Å². The fourth-order valence-electron chi connectivity index (χ4n) is 2.76. The number of hydrogen-bond acceptors (Lipinski definition) is 8. The van der Waals surface area contributed by atoms with Gasteiger partial charge in [-0.05, 0) is 48.0 Å². The third-order valence-electron chi connectivity index (χ3n) is 4.25. The third kappa shape index (κ3) is 7.45. The monoisotopic (exact) mass is 551 g/mol. The number of hydrazone groups is 1. The first-order valence-corrected chi connectivity index (χ1v) is 12.3. The molecular formula is C23H23BrClN3O4S. The van der Waals surface area contributed by atoms with Crippen molar-refractivity contribution in [3.8, 4) is 11.5 Å². The molecular weight excluding hydrogens is 530 g/mol. The second-order valence-electron chi connectivity index (χ2n) is 6.63. The summed E-state index contributed by atoms with van der Waals surface area (Å²) in [5, 5.41) is 7.27. The number of carbonyl (C=O) groups is 1. The van der Waals surface area contributed by atoms with Crippen LogP contribution in [-0.4, -0.2) is 30.4 Å². The van der Waals surface area contributed by atoms with Gasteiger partial charge in [-0.3, -0.25) is 10.2 Å². The molecule has 0 aliphatic rings. The van der Waals surface area contributed by atoms with Gasteiger partial charge in [0.05, 0.1) is 31.5 Å². The maximum Gasteiger partial charge on any atom is 0.311 e. The van der Waals surface area contributed by atoms with Gasteiger partial charge in [-0.15, -0.1) is 11.3 Å². The van der Waals surface area contributed by atoms with Crippen LogP contribution in [0.5, 0.6) is 11.5 Å². The zero-order chi connectivity index (χ0) is 23.6. The summed E-state index contributed by atoms with van der Waals surface area (Å²) in [4.78, 5) is 15.9. The van der Waals surface area contributed by atoms with Crippen LogP contribution in [0.25, 0.3) is 0 Å². The summed E-state index contributed by atoms with van der Waals surface area (Å²) in [6, 6.07) is 11.2. The number of hydrogen-bond donors (Lipinski definition) is 1. The Morgan fingerprint density at radius 2 is 2.00 bits per heavy atom. The Labute approximate surface area is 209 Å². The molecule has 1 heterocycles. The summed E-state index contributed by atoms with van der Waals surface area (Å²) in [6.45, 7) is 4.83. The van der Waals surface area contributed by atoms with E-state index in [-0.39, 0.29) is 12.4 Å². The number of carbonyl (C=O) groups excluding carboxylic acids is 1. The molecule has 0 spiro atoms. The largest absolute Gasteiger partial charge is 0.490 e. The fourth-order valence-corrected chi connectivity index (χ4v) is 4.03. The number of nitrogens with one attached hydrogen (secondary N) is 1. The molecule has 174 valence electrons. The van der Waals surface area contributed by atoms with E-state index in [1.807, 2.05) is 43.3 Å². The van der Waals surface area contributed by atoms with Crippen LogP contribution in [0.2, 0.25) is 5.02 Å². The van der Waals surface area contributed by atoms with Gasteiger partial charge in [-0.25, -0.2) is 4.98 Å². The smallest absolute Gasteiger partial charge is 0.311 e. The molecule has 0 unspecified atom stereocenters. The van der Waals surface area contributed by atoms with Crippen molar-refractivity contribution >= 4 is 56.2 Å². The van der Waals surface area contributed by atoms with Gasteiger partial charge in [0.15, 0.2) is 11.5 Å². The van der Waals surface area contributed by atoms with E-state index in [4.69, 9.17) is 25.8 Å². The molecule has 0 radical (unpaired) electrons. The second kappa shape index (κ2) is 12.6. The predicted molar refractivity (Wildman–Crippen MR) is 135 cm³/mol. The standard InChI is InChI=1S/C23H23BrClN3O4S/c1-3-30-20-9-16(12-26-28-23-27-17(14-33-23)10-22(29)31-4-2)18(24)11-21(20)32-13-15-7-5-6-8-19(15)25/h5-9,11-12,14H,3-4,10,13H2,1-2H3,(H,27,28). The number of nitrogens with zero attached hydrogens (tertiary/aromatic N) is 2. The zero-order valence-corrected chi connectivity index (χ0v) is 21.3. The highest BCUT2D eigenvalue weighted by Crippen LogP contribution is 2.34. The Bertz CT molecular complexity index is 1120. The Morgan fingerprint density at radius 1 is 1.21 bits per heavy atom. The number of esters is 1. The molecule has 10 heteroatoms. The molecule has 3 rings (SSSR count). The molecule has 2 aromatic carbocycles. The lowest BCUT2D eigenvalue weighted by molar-refractivity contribution is -0.142. The topological polar surface area (TPSA) is 82.0 Å². The lowest BCUT2D eigenvalue weighted by Gasteiger charge is -2.14. The van der Waals surface area contributed by atoms with Gasteiger partial charge < -0.3 is 14.2 Å². The van der Waals surface area contributed by atoms with Gasteiger partial charge in [0.2, 0.25) is 5.13 Å². The molecule has 0 fully saturated rings. The van der Waals surface area contributed by atoms with Crippen LogP contribution in [0.1, 0.15) is 30.7 Å². The van der Waals surface area contributed by atoms with Gasteiger partial charge in [-0.1, -0.05) is 29.8 Å². The SMILES string of the molecule is CCOC(=O)Cc1csc(NN=Cc2cc(OCC)c(OCc3ccccc3Cl)cc2Br)n1. The first kappa shape index (κ1) is 25.0. The van der Waals surface area contributed by atoms with Gasteiger partial charge in [0, 0.05) is 26.0 Å². The first-order valence-electron chi connectivity index (χ1n) is 10.2. The van der Waals surface area contributed by atoms with Crippen LogP contribution >= 0.6 is 38.9 Å². The Hall–Kier alpha value is -2.62. The van der Waals surface area contributed by atoms with E-state index >= 15 is 0 Å². The van der Waals surface area contributed by atoms with Crippen LogP contribution < -0.4 is 14.9 Å². The van der Waals surface area contributed by atoms with Crippen LogP contribution in [0.3, 0.4) is 0 Å². The number of ether oxygens (including phenoxy) is 3. The third-order valence-corrected chi connectivity index (χ3v) is 6.10. The molecule has 0 saturated heterocycles. The highest BCUT2D eigenvalue weighted by molar-refractivity contribution is 9.10. The fraction of sp³-hybridized carbons (Fsp3) is 0.261. The van der Waals surface area contributed by atoms with Crippen molar-refractivity contribution in [1.82, 2.24) is 4.98 Å². The van der Waals surface area contributed by atoms with Crippen LogP contribution in [0, 0.1) is 0 Å². The highest BCUT2D eigenvalue weighted by Gasteiger charge is 2.12. The minimum atomic E-state index is -0.304. The predicted octanol–water partition coefficient (Wildman–Crippen LogP) is 6.09. The van der Waals surface area contributed by atoms with Gasteiger partial charge in [-0.2, -0.15) is 5.10 Å². The summed E-state index contributed by atoms with van der Waals surface area (Å²) in [7, 11) is 0. The van der Waals surface area contributed by atoms with Crippen molar-refractivity contribution in [1.29, 1.82) is 0 Å². The molecule has 0 aliphatic carbocycles. The average molecular weight is 553 g/mol. The van der Waals surface area contributed by atoms with E-state index in [1.165, 1.54) is 11.3 Å². The Kier molecular flexibility index (Phi) is 9.53. The molecule has 7 nitrogen and oxygen atoms in total. The number of anilines is 1. The maximum atomic E-state index is 11.6. The number of thiazole rings is 1. The van der Waals surface area contributed by atoms with Crippen molar-refractivity contribution in [2.45, 2.75) is 26.9 Å². The van der Waals surface area contributed by atoms with Crippen LogP contribution in [0.15, 0.2) is 51.4 Å². The first-order chi connectivity index (χ1) is 16.0. The lowest BCUT2D eigenvalue weighted by atomic mass is 10.2. The highest BCUT2D eigenvalue weighted by atomic mass is 79.9.